The number of hydrogen-bond donors (Lipinski definition) is 0. The van der Waals surface area contributed by atoms with Crippen LogP contribution in [0.1, 0.15) is 55.5 Å². The summed E-state index contributed by atoms with van der Waals surface area (Å²) in [5.41, 5.74) is 7.10. The lowest BCUT2D eigenvalue weighted by molar-refractivity contribution is -0.137. The molecule has 0 N–H and O–H groups in total. The van der Waals surface area contributed by atoms with Crippen molar-refractivity contribution < 1.29 is 4.79 Å². The quantitative estimate of drug-likeness (QED) is 0.136. The second kappa shape index (κ2) is 15.0. The Hall–Kier alpha value is -4.47. The Morgan fingerprint density at radius 2 is 1.04 bits per heavy atom. The predicted molar refractivity (Wildman–Crippen MR) is 188 cm³/mol. The molecule has 230 valence electrons. The molecule has 5 aromatic rings. The first-order valence-electron chi connectivity index (χ1n) is 16.1. The minimum Gasteiger partial charge on any atom is -0.339 e. The molecule has 45 heavy (non-hydrogen) atoms. The molecule has 0 aliphatic heterocycles. The highest BCUT2D eigenvalue weighted by atomic mass is 16.2. The van der Waals surface area contributed by atoms with Gasteiger partial charge in [0.2, 0.25) is 5.91 Å². The van der Waals surface area contributed by atoms with E-state index in [2.05, 4.69) is 153 Å². The molecule has 0 aromatic heterocycles. The summed E-state index contributed by atoms with van der Waals surface area (Å²) < 4.78 is 0. The molecule has 0 spiro atoms. The van der Waals surface area contributed by atoms with E-state index in [1.54, 1.807) is 0 Å². The lowest BCUT2D eigenvalue weighted by Gasteiger charge is -2.44. The molecule has 3 heteroatoms. The van der Waals surface area contributed by atoms with Gasteiger partial charge in [0.05, 0.1) is 6.04 Å². The molecule has 0 heterocycles. The fourth-order valence-electron chi connectivity index (χ4n) is 6.48. The third-order valence-electron chi connectivity index (χ3n) is 9.22. The first kappa shape index (κ1) is 31.9. The summed E-state index contributed by atoms with van der Waals surface area (Å²) in [6, 6.07) is 51.2. The van der Waals surface area contributed by atoms with Crippen molar-refractivity contribution >= 4 is 5.91 Å². The van der Waals surface area contributed by atoms with Crippen LogP contribution in [0, 0.1) is 5.92 Å². The van der Waals surface area contributed by atoms with Gasteiger partial charge in [-0.25, -0.2) is 0 Å². The van der Waals surface area contributed by atoms with Crippen LogP contribution < -0.4 is 0 Å². The largest absolute Gasteiger partial charge is 0.339 e. The Morgan fingerprint density at radius 1 is 0.600 bits per heavy atom. The van der Waals surface area contributed by atoms with Crippen LogP contribution in [-0.2, 0) is 24.3 Å². The second-order valence-electron chi connectivity index (χ2n) is 12.7. The van der Waals surface area contributed by atoms with Crippen LogP contribution in [0.15, 0.2) is 146 Å². The molecule has 3 nitrogen and oxygen atoms in total. The maximum absolute atomic E-state index is 14.0. The van der Waals surface area contributed by atoms with E-state index in [0.29, 0.717) is 0 Å². The van der Waals surface area contributed by atoms with Gasteiger partial charge < -0.3 is 4.90 Å². The number of rotatable bonds is 13. The average molecular weight is 595 g/mol. The molecular formula is C42H46N2O. The van der Waals surface area contributed by atoms with E-state index in [0.717, 1.165) is 31.5 Å². The van der Waals surface area contributed by atoms with Gasteiger partial charge in [0.25, 0.3) is 0 Å². The lowest BCUT2D eigenvalue weighted by atomic mass is 9.81. The highest BCUT2D eigenvalue weighted by Crippen LogP contribution is 2.34. The molecule has 0 fully saturated rings. The Labute approximate surface area is 270 Å². The SMILES string of the molecule is C[C@H](C[C@@](C)(Cc1ccc(-c2ccccc2)cc1)N(Cc1ccccc1)Cc1ccccc1)C(=O)N(C)[C@@H](C)c1ccccc1. The van der Waals surface area contributed by atoms with E-state index >= 15 is 0 Å². The van der Waals surface area contributed by atoms with Crippen LogP contribution in [0.3, 0.4) is 0 Å². The van der Waals surface area contributed by atoms with Crippen LogP contribution >= 0.6 is 0 Å². The standard InChI is InChI=1S/C42H46N2O/c1-33(41(45)43(4)34(2)38-21-13-7-14-22-38)29-42(3,30-35-25-27-40(28-26-35)39-23-15-8-16-24-39)44(31-36-17-9-5-10-18-36)32-37-19-11-6-12-20-37/h5-28,33-34H,29-32H2,1-4H3/t33-,34+,42+/m1/s1. The highest BCUT2D eigenvalue weighted by Gasteiger charge is 2.37. The molecule has 5 aromatic carbocycles. The van der Waals surface area contributed by atoms with Gasteiger partial charge in [0, 0.05) is 31.6 Å². The maximum Gasteiger partial charge on any atom is 0.225 e. The van der Waals surface area contributed by atoms with Crippen molar-refractivity contribution in [2.45, 2.75) is 58.3 Å². The Kier molecular flexibility index (Phi) is 10.7. The number of nitrogens with zero attached hydrogens (tertiary/aromatic N) is 2. The molecule has 0 aliphatic rings. The number of amides is 1. The van der Waals surface area contributed by atoms with Crippen LogP contribution in [-0.4, -0.2) is 28.3 Å². The van der Waals surface area contributed by atoms with Crippen molar-refractivity contribution in [1.82, 2.24) is 9.80 Å². The van der Waals surface area contributed by atoms with Crippen LogP contribution in [0.25, 0.3) is 11.1 Å². The van der Waals surface area contributed by atoms with Crippen molar-refractivity contribution in [3.8, 4) is 11.1 Å². The van der Waals surface area contributed by atoms with E-state index in [1.807, 2.05) is 30.1 Å². The van der Waals surface area contributed by atoms with Crippen LogP contribution in [0.5, 0.6) is 0 Å². The zero-order valence-electron chi connectivity index (χ0n) is 27.1. The Bertz CT molecular complexity index is 1560. The maximum atomic E-state index is 14.0. The minimum atomic E-state index is -0.300. The summed E-state index contributed by atoms with van der Waals surface area (Å²) in [5, 5.41) is 0. The summed E-state index contributed by atoms with van der Waals surface area (Å²) >= 11 is 0. The number of carbonyl (C=O) groups is 1. The summed E-state index contributed by atoms with van der Waals surface area (Å²) in [5.74, 6) is 0.0141. The molecule has 0 radical (unpaired) electrons. The van der Waals surface area contributed by atoms with Gasteiger partial charge in [0.1, 0.15) is 0 Å². The monoisotopic (exact) mass is 594 g/mol. The van der Waals surface area contributed by atoms with Gasteiger partial charge in [-0.1, -0.05) is 153 Å². The van der Waals surface area contributed by atoms with E-state index < -0.39 is 0 Å². The van der Waals surface area contributed by atoms with Gasteiger partial charge in [-0.3, -0.25) is 9.69 Å². The number of hydrogen-bond acceptors (Lipinski definition) is 2. The zero-order valence-corrected chi connectivity index (χ0v) is 27.1. The Morgan fingerprint density at radius 3 is 1.56 bits per heavy atom. The average Bonchev–Trinajstić information content (AvgIpc) is 3.09. The fourth-order valence-corrected chi connectivity index (χ4v) is 6.48. The Balaban J connectivity index is 1.46. The van der Waals surface area contributed by atoms with Gasteiger partial charge in [-0.2, -0.15) is 0 Å². The van der Waals surface area contributed by atoms with E-state index in [9.17, 15) is 4.79 Å². The summed E-state index contributed by atoms with van der Waals surface area (Å²) in [7, 11) is 1.95. The van der Waals surface area contributed by atoms with E-state index in [4.69, 9.17) is 0 Å². The minimum absolute atomic E-state index is 0.00248. The number of benzene rings is 5. The highest BCUT2D eigenvalue weighted by molar-refractivity contribution is 5.78. The third kappa shape index (κ3) is 8.38. The molecule has 5 rings (SSSR count). The fraction of sp³-hybridized carbons (Fsp3) is 0.262. The topological polar surface area (TPSA) is 23.6 Å². The second-order valence-corrected chi connectivity index (χ2v) is 12.7. The molecule has 0 bridgehead atoms. The smallest absolute Gasteiger partial charge is 0.225 e. The number of carbonyl (C=O) groups excluding carboxylic acids is 1. The van der Waals surface area contributed by atoms with E-state index in [1.165, 1.54) is 27.8 Å². The molecule has 0 aliphatic carbocycles. The molecule has 1 amide bonds. The summed E-state index contributed by atoms with van der Waals surface area (Å²) in [6.45, 7) is 8.17. The molecule has 0 unspecified atom stereocenters. The van der Waals surface area contributed by atoms with Crippen LogP contribution in [0.2, 0.25) is 0 Å². The molecule has 3 atom stereocenters. The first-order valence-corrected chi connectivity index (χ1v) is 16.1. The first-order chi connectivity index (χ1) is 21.8. The lowest BCUT2D eigenvalue weighted by Crippen LogP contribution is -2.50. The van der Waals surface area contributed by atoms with Crippen molar-refractivity contribution in [3.63, 3.8) is 0 Å². The van der Waals surface area contributed by atoms with Gasteiger partial charge in [0.15, 0.2) is 0 Å². The van der Waals surface area contributed by atoms with Gasteiger partial charge >= 0.3 is 0 Å². The van der Waals surface area contributed by atoms with E-state index in [-0.39, 0.29) is 23.4 Å². The zero-order chi connectivity index (χ0) is 31.6. The van der Waals surface area contributed by atoms with Gasteiger partial charge in [-0.05, 0) is 60.1 Å². The predicted octanol–water partition coefficient (Wildman–Crippen LogP) is 9.60. The summed E-state index contributed by atoms with van der Waals surface area (Å²) in [4.78, 5) is 18.6. The molecular weight excluding hydrogens is 548 g/mol. The third-order valence-corrected chi connectivity index (χ3v) is 9.22. The van der Waals surface area contributed by atoms with Crippen molar-refractivity contribution in [1.29, 1.82) is 0 Å². The van der Waals surface area contributed by atoms with Crippen molar-refractivity contribution in [3.05, 3.63) is 168 Å². The molecule has 0 saturated carbocycles. The molecule has 0 saturated heterocycles. The van der Waals surface area contributed by atoms with Crippen molar-refractivity contribution in [2.24, 2.45) is 5.92 Å². The van der Waals surface area contributed by atoms with Crippen molar-refractivity contribution in [2.75, 3.05) is 7.05 Å². The van der Waals surface area contributed by atoms with Crippen LogP contribution in [0.4, 0.5) is 0 Å². The summed E-state index contributed by atoms with van der Waals surface area (Å²) in [6.07, 6.45) is 1.56. The van der Waals surface area contributed by atoms with Gasteiger partial charge in [-0.15, -0.1) is 0 Å². The normalized spacial score (nSPS) is 14.0.